The van der Waals surface area contributed by atoms with Gasteiger partial charge in [-0.25, -0.2) is 0 Å². The van der Waals surface area contributed by atoms with Crippen molar-refractivity contribution in [3.05, 3.63) is 65.2 Å². The molecule has 0 aliphatic heterocycles. The molecule has 0 spiro atoms. The summed E-state index contributed by atoms with van der Waals surface area (Å²) in [5, 5.41) is 3.00. The monoisotopic (exact) mass is 285 g/mol. The third-order valence-corrected chi connectivity index (χ3v) is 4.09. The molecule has 2 rings (SSSR count). The maximum atomic E-state index is 12.0. The maximum absolute atomic E-state index is 12.0. The van der Waals surface area contributed by atoms with Gasteiger partial charge in [-0.2, -0.15) is 0 Å². The quantitative estimate of drug-likeness (QED) is 0.893. The Morgan fingerprint density at radius 3 is 2.30 bits per heavy atom. The number of carbonyl (C=O) groups is 1. The Balaban J connectivity index is 1.84. The first-order valence-corrected chi connectivity index (χ1v) is 7.80. The number of benzene rings is 2. The lowest BCUT2D eigenvalue weighted by Crippen LogP contribution is -2.15. The van der Waals surface area contributed by atoms with Crippen LogP contribution in [-0.4, -0.2) is 11.7 Å². The van der Waals surface area contributed by atoms with Crippen molar-refractivity contribution in [2.45, 2.75) is 19.6 Å². The van der Waals surface area contributed by atoms with E-state index in [9.17, 15) is 4.79 Å². The highest BCUT2D eigenvalue weighted by Gasteiger charge is 2.07. The van der Waals surface area contributed by atoms with Crippen LogP contribution in [0.3, 0.4) is 0 Å². The zero-order valence-corrected chi connectivity index (χ0v) is 12.7. The fourth-order valence-electron chi connectivity index (χ4n) is 2.02. The summed E-state index contributed by atoms with van der Waals surface area (Å²) < 4.78 is 0. The summed E-state index contributed by atoms with van der Waals surface area (Å²) in [6.45, 7) is 4.03. The zero-order chi connectivity index (χ0) is 14.4. The van der Waals surface area contributed by atoms with Crippen LogP contribution >= 0.6 is 11.8 Å². The van der Waals surface area contributed by atoms with Gasteiger partial charge in [0.2, 0.25) is 5.91 Å². The molecule has 2 nitrogen and oxygen atoms in total. The summed E-state index contributed by atoms with van der Waals surface area (Å²) in [7, 11) is 0. The van der Waals surface area contributed by atoms with Gasteiger partial charge in [-0.3, -0.25) is 4.79 Å². The number of anilines is 1. The van der Waals surface area contributed by atoms with Gasteiger partial charge in [-0.1, -0.05) is 48.5 Å². The molecule has 2 aromatic carbocycles. The molecule has 0 unspecified atom stereocenters. The van der Waals surface area contributed by atoms with E-state index in [-0.39, 0.29) is 5.91 Å². The standard InChI is InChI=1S/C17H19NOS/c1-13-7-6-8-14(2)17(13)18-16(19)12-20-11-15-9-4-3-5-10-15/h3-10H,11-12H2,1-2H3,(H,18,19). The normalized spacial score (nSPS) is 10.3. The van der Waals surface area contributed by atoms with Crippen molar-refractivity contribution in [1.29, 1.82) is 0 Å². The number of thioether (sulfide) groups is 1. The summed E-state index contributed by atoms with van der Waals surface area (Å²) in [6, 6.07) is 16.2. The van der Waals surface area contributed by atoms with Gasteiger partial charge in [0.15, 0.2) is 0 Å². The summed E-state index contributed by atoms with van der Waals surface area (Å²) in [5.74, 6) is 1.40. The van der Waals surface area contributed by atoms with Crippen LogP contribution in [0.4, 0.5) is 5.69 Å². The van der Waals surface area contributed by atoms with E-state index in [0.717, 1.165) is 22.6 Å². The Kier molecular flexibility index (Phi) is 5.24. The van der Waals surface area contributed by atoms with Crippen molar-refractivity contribution in [3.8, 4) is 0 Å². The summed E-state index contributed by atoms with van der Waals surface area (Å²) >= 11 is 1.63. The molecule has 20 heavy (non-hydrogen) atoms. The Bertz CT molecular complexity index is 561. The first-order chi connectivity index (χ1) is 9.66. The molecule has 1 N–H and O–H groups in total. The van der Waals surface area contributed by atoms with Crippen LogP contribution < -0.4 is 5.32 Å². The Morgan fingerprint density at radius 1 is 1.00 bits per heavy atom. The van der Waals surface area contributed by atoms with Crippen molar-refractivity contribution in [2.24, 2.45) is 0 Å². The molecule has 1 amide bonds. The van der Waals surface area contributed by atoms with Crippen LogP contribution in [0.2, 0.25) is 0 Å². The summed E-state index contributed by atoms with van der Waals surface area (Å²) in [6.07, 6.45) is 0. The van der Waals surface area contributed by atoms with Gasteiger partial charge in [-0.15, -0.1) is 11.8 Å². The SMILES string of the molecule is Cc1cccc(C)c1NC(=O)CSCc1ccccc1. The second kappa shape index (κ2) is 7.15. The highest BCUT2D eigenvalue weighted by atomic mass is 32.2. The average molecular weight is 285 g/mol. The maximum Gasteiger partial charge on any atom is 0.234 e. The number of hydrogen-bond acceptors (Lipinski definition) is 2. The highest BCUT2D eigenvalue weighted by Crippen LogP contribution is 2.20. The molecule has 0 heterocycles. The number of nitrogens with one attached hydrogen (secondary N) is 1. The smallest absolute Gasteiger partial charge is 0.234 e. The van der Waals surface area contributed by atoms with Gasteiger partial charge in [0.1, 0.15) is 0 Å². The lowest BCUT2D eigenvalue weighted by atomic mass is 10.1. The van der Waals surface area contributed by atoms with E-state index in [0.29, 0.717) is 5.75 Å². The molecule has 0 atom stereocenters. The lowest BCUT2D eigenvalue weighted by molar-refractivity contribution is -0.113. The van der Waals surface area contributed by atoms with E-state index < -0.39 is 0 Å². The molecule has 3 heteroatoms. The number of amides is 1. The predicted octanol–water partition coefficient (Wildman–Crippen LogP) is 4.18. The van der Waals surface area contributed by atoms with Gasteiger partial charge in [0.05, 0.1) is 5.75 Å². The largest absolute Gasteiger partial charge is 0.325 e. The number of hydrogen-bond donors (Lipinski definition) is 1. The fourth-order valence-corrected chi connectivity index (χ4v) is 2.81. The first kappa shape index (κ1) is 14.7. The fraction of sp³-hybridized carbons (Fsp3) is 0.235. The second-order valence-electron chi connectivity index (χ2n) is 4.79. The van der Waals surface area contributed by atoms with Crippen LogP contribution in [0.15, 0.2) is 48.5 Å². The van der Waals surface area contributed by atoms with Gasteiger partial charge in [-0.05, 0) is 30.5 Å². The van der Waals surface area contributed by atoms with Gasteiger partial charge in [0, 0.05) is 11.4 Å². The van der Waals surface area contributed by atoms with E-state index in [4.69, 9.17) is 0 Å². The highest BCUT2D eigenvalue weighted by molar-refractivity contribution is 7.99. The number of para-hydroxylation sites is 1. The molecular formula is C17H19NOS. The third-order valence-electron chi connectivity index (χ3n) is 3.09. The molecule has 0 aliphatic rings. The van der Waals surface area contributed by atoms with E-state index in [1.54, 1.807) is 11.8 Å². The van der Waals surface area contributed by atoms with E-state index >= 15 is 0 Å². The van der Waals surface area contributed by atoms with E-state index in [1.165, 1.54) is 5.56 Å². The molecule has 0 aliphatic carbocycles. The van der Waals surface area contributed by atoms with E-state index in [2.05, 4.69) is 17.4 Å². The predicted molar refractivity (Wildman–Crippen MR) is 87.1 cm³/mol. The van der Waals surface area contributed by atoms with Crippen molar-refractivity contribution in [2.75, 3.05) is 11.1 Å². The molecular weight excluding hydrogens is 266 g/mol. The van der Waals surface area contributed by atoms with Crippen LogP contribution in [0, 0.1) is 13.8 Å². The number of aryl methyl sites for hydroxylation is 2. The van der Waals surface area contributed by atoms with Crippen LogP contribution in [-0.2, 0) is 10.5 Å². The Morgan fingerprint density at radius 2 is 1.65 bits per heavy atom. The van der Waals surface area contributed by atoms with Crippen molar-refractivity contribution < 1.29 is 4.79 Å². The van der Waals surface area contributed by atoms with Crippen molar-refractivity contribution >= 4 is 23.4 Å². The van der Waals surface area contributed by atoms with Crippen LogP contribution in [0.25, 0.3) is 0 Å². The minimum atomic E-state index is 0.0586. The molecule has 0 radical (unpaired) electrons. The minimum absolute atomic E-state index is 0.0586. The molecule has 0 fully saturated rings. The first-order valence-electron chi connectivity index (χ1n) is 6.64. The van der Waals surface area contributed by atoms with Gasteiger partial charge >= 0.3 is 0 Å². The molecule has 2 aromatic rings. The topological polar surface area (TPSA) is 29.1 Å². The third kappa shape index (κ3) is 4.14. The Hall–Kier alpha value is -1.74. The van der Waals surface area contributed by atoms with Crippen molar-refractivity contribution in [3.63, 3.8) is 0 Å². The van der Waals surface area contributed by atoms with Crippen molar-refractivity contribution in [1.82, 2.24) is 0 Å². The lowest BCUT2D eigenvalue weighted by Gasteiger charge is -2.11. The Labute approximate surface area is 124 Å². The van der Waals surface area contributed by atoms with Gasteiger partial charge < -0.3 is 5.32 Å². The second-order valence-corrected chi connectivity index (χ2v) is 5.78. The molecule has 0 saturated carbocycles. The molecule has 0 bridgehead atoms. The number of carbonyl (C=O) groups excluding carboxylic acids is 1. The molecule has 0 aromatic heterocycles. The van der Waals surface area contributed by atoms with E-state index in [1.807, 2.05) is 50.2 Å². The summed E-state index contributed by atoms with van der Waals surface area (Å²) in [4.78, 5) is 12.0. The molecule has 0 saturated heterocycles. The average Bonchev–Trinajstić information content (AvgIpc) is 2.44. The van der Waals surface area contributed by atoms with Crippen LogP contribution in [0.5, 0.6) is 0 Å². The summed E-state index contributed by atoms with van der Waals surface area (Å²) in [5.41, 5.74) is 4.40. The van der Waals surface area contributed by atoms with Gasteiger partial charge in [0.25, 0.3) is 0 Å². The van der Waals surface area contributed by atoms with Crippen LogP contribution in [0.1, 0.15) is 16.7 Å². The number of rotatable bonds is 5. The molecule has 104 valence electrons. The zero-order valence-electron chi connectivity index (χ0n) is 11.8. The minimum Gasteiger partial charge on any atom is -0.325 e.